The maximum Gasteiger partial charge on any atom is 0.126 e. The molecule has 1 saturated heterocycles. The molecule has 0 radical (unpaired) electrons. The Morgan fingerprint density at radius 3 is 3.07 bits per heavy atom. The lowest BCUT2D eigenvalue weighted by Gasteiger charge is -2.20. The van der Waals surface area contributed by atoms with Crippen LogP contribution < -0.4 is 11.1 Å². The van der Waals surface area contributed by atoms with E-state index in [1.54, 1.807) is 6.20 Å². The molecule has 2 unspecified atom stereocenters. The number of anilines is 2. The quantitative estimate of drug-likeness (QED) is 0.791. The second-order valence-corrected chi connectivity index (χ2v) is 3.96. The number of nitrogens with zero attached hydrogens (tertiary/aromatic N) is 1. The van der Waals surface area contributed by atoms with Gasteiger partial charge in [0.05, 0.1) is 24.0 Å². The summed E-state index contributed by atoms with van der Waals surface area (Å²) < 4.78 is 5.60. The molecule has 0 aromatic carbocycles. The van der Waals surface area contributed by atoms with E-state index in [-0.39, 0.29) is 0 Å². The minimum atomic E-state index is 0.295. The first-order valence-corrected chi connectivity index (χ1v) is 5.35. The van der Waals surface area contributed by atoms with Crippen LogP contribution in [-0.4, -0.2) is 23.7 Å². The maximum atomic E-state index is 5.60. The molecule has 0 amide bonds. The van der Waals surface area contributed by atoms with Crippen LogP contribution in [0.5, 0.6) is 0 Å². The number of pyridine rings is 1. The van der Waals surface area contributed by atoms with E-state index in [4.69, 9.17) is 10.5 Å². The molecule has 2 heterocycles. The SMILES string of the molecule is CC(Nc1ccc(N)cn1)C1CCCO1. The smallest absolute Gasteiger partial charge is 0.126 e. The van der Waals surface area contributed by atoms with Crippen LogP contribution in [0.2, 0.25) is 0 Å². The molecule has 4 heteroatoms. The van der Waals surface area contributed by atoms with Gasteiger partial charge in [-0.15, -0.1) is 0 Å². The molecule has 2 atom stereocenters. The largest absolute Gasteiger partial charge is 0.397 e. The molecular weight excluding hydrogens is 190 g/mol. The predicted molar refractivity (Wildman–Crippen MR) is 60.7 cm³/mol. The lowest BCUT2D eigenvalue weighted by Crippen LogP contribution is -2.30. The summed E-state index contributed by atoms with van der Waals surface area (Å²) in [5, 5.41) is 3.32. The minimum absolute atomic E-state index is 0.295. The highest BCUT2D eigenvalue weighted by molar-refractivity contribution is 5.44. The molecule has 1 aromatic rings. The average molecular weight is 207 g/mol. The number of nitrogen functional groups attached to an aromatic ring is 1. The molecule has 0 bridgehead atoms. The molecule has 2 rings (SSSR count). The Morgan fingerprint density at radius 2 is 2.47 bits per heavy atom. The first-order valence-electron chi connectivity index (χ1n) is 5.35. The summed E-state index contributed by atoms with van der Waals surface area (Å²) in [5.74, 6) is 0.854. The van der Waals surface area contributed by atoms with Crippen molar-refractivity contribution in [3.63, 3.8) is 0 Å². The molecule has 15 heavy (non-hydrogen) atoms. The molecule has 3 N–H and O–H groups in total. The molecule has 0 saturated carbocycles. The van der Waals surface area contributed by atoms with Gasteiger partial charge >= 0.3 is 0 Å². The zero-order chi connectivity index (χ0) is 10.7. The Morgan fingerprint density at radius 1 is 1.60 bits per heavy atom. The number of nitrogens with one attached hydrogen (secondary N) is 1. The van der Waals surface area contributed by atoms with Crippen LogP contribution in [-0.2, 0) is 4.74 Å². The van der Waals surface area contributed by atoms with Gasteiger partial charge in [0, 0.05) is 6.61 Å². The first-order chi connectivity index (χ1) is 7.25. The van der Waals surface area contributed by atoms with Crippen molar-refractivity contribution in [3.05, 3.63) is 18.3 Å². The van der Waals surface area contributed by atoms with E-state index >= 15 is 0 Å². The fourth-order valence-electron chi connectivity index (χ4n) is 1.81. The van der Waals surface area contributed by atoms with Crippen molar-refractivity contribution in [2.75, 3.05) is 17.7 Å². The van der Waals surface area contributed by atoms with Crippen molar-refractivity contribution in [3.8, 4) is 0 Å². The normalized spacial score (nSPS) is 22.6. The molecule has 1 fully saturated rings. The molecule has 4 nitrogen and oxygen atoms in total. The summed E-state index contributed by atoms with van der Waals surface area (Å²) >= 11 is 0. The van der Waals surface area contributed by atoms with Crippen molar-refractivity contribution in [2.45, 2.75) is 31.9 Å². The molecule has 1 aliphatic rings. The number of aromatic nitrogens is 1. The third-order valence-corrected chi connectivity index (χ3v) is 2.68. The predicted octanol–water partition coefficient (Wildman–Crippen LogP) is 1.64. The van der Waals surface area contributed by atoms with Crippen molar-refractivity contribution in [2.24, 2.45) is 0 Å². The van der Waals surface area contributed by atoms with Gasteiger partial charge in [-0.1, -0.05) is 0 Å². The van der Waals surface area contributed by atoms with Crippen LogP contribution in [0, 0.1) is 0 Å². The van der Waals surface area contributed by atoms with Gasteiger partial charge in [-0.3, -0.25) is 0 Å². The molecular formula is C11H17N3O. The topological polar surface area (TPSA) is 60.2 Å². The van der Waals surface area contributed by atoms with Gasteiger partial charge < -0.3 is 15.8 Å². The molecule has 82 valence electrons. The average Bonchev–Trinajstić information content (AvgIpc) is 2.74. The number of ether oxygens (including phenoxy) is 1. The summed E-state index contributed by atoms with van der Waals surface area (Å²) in [6.07, 6.45) is 4.25. The number of rotatable bonds is 3. The van der Waals surface area contributed by atoms with Crippen LogP contribution in [0.15, 0.2) is 18.3 Å². The lowest BCUT2D eigenvalue weighted by molar-refractivity contribution is 0.0995. The number of hydrogen-bond acceptors (Lipinski definition) is 4. The highest BCUT2D eigenvalue weighted by Crippen LogP contribution is 2.18. The molecule has 1 aromatic heterocycles. The van der Waals surface area contributed by atoms with Crippen LogP contribution in [0.4, 0.5) is 11.5 Å². The second kappa shape index (κ2) is 4.49. The molecule has 1 aliphatic heterocycles. The van der Waals surface area contributed by atoms with E-state index in [1.165, 1.54) is 0 Å². The number of nitrogens with two attached hydrogens (primary N) is 1. The van der Waals surface area contributed by atoms with E-state index < -0.39 is 0 Å². The van der Waals surface area contributed by atoms with Crippen molar-refractivity contribution in [1.29, 1.82) is 0 Å². The van der Waals surface area contributed by atoms with Gasteiger partial charge in [0.2, 0.25) is 0 Å². The Balaban J connectivity index is 1.92. The van der Waals surface area contributed by atoms with Gasteiger partial charge in [0.1, 0.15) is 5.82 Å². The second-order valence-electron chi connectivity index (χ2n) is 3.96. The van der Waals surface area contributed by atoms with Gasteiger partial charge in [-0.05, 0) is 31.9 Å². The molecule has 0 aliphatic carbocycles. The Labute approximate surface area is 89.8 Å². The van der Waals surface area contributed by atoms with Gasteiger partial charge in [-0.25, -0.2) is 4.98 Å². The van der Waals surface area contributed by atoms with Crippen LogP contribution in [0.1, 0.15) is 19.8 Å². The van der Waals surface area contributed by atoms with E-state index in [9.17, 15) is 0 Å². The van der Waals surface area contributed by atoms with Crippen LogP contribution >= 0.6 is 0 Å². The third kappa shape index (κ3) is 2.59. The van der Waals surface area contributed by atoms with E-state index in [1.807, 2.05) is 12.1 Å². The summed E-state index contributed by atoms with van der Waals surface area (Å²) in [5.41, 5.74) is 6.25. The Bertz CT molecular complexity index is 306. The lowest BCUT2D eigenvalue weighted by atomic mass is 10.1. The monoisotopic (exact) mass is 207 g/mol. The maximum absolute atomic E-state index is 5.60. The van der Waals surface area contributed by atoms with Crippen LogP contribution in [0.25, 0.3) is 0 Å². The minimum Gasteiger partial charge on any atom is -0.397 e. The van der Waals surface area contributed by atoms with Crippen molar-refractivity contribution < 1.29 is 4.74 Å². The number of hydrogen-bond donors (Lipinski definition) is 2. The van der Waals surface area contributed by atoms with Crippen molar-refractivity contribution in [1.82, 2.24) is 4.98 Å². The van der Waals surface area contributed by atoms with Crippen LogP contribution in [0.3, 0.4) is 0 Å². The van der Waals surface area contributed by atoms with Gasteiger partial charge in [-0.2, -0.15) is 0 Å². The fraction of sp³-hybridized carbons (Fsp3) is 0.545. The Kier molecular flexibility index (Phi) is 3.06. The first kappa shape index (κ1) is 10.2. The summed E-state index contributed by atoms with van der Waals surface area (Å²) in [6, 6.07) is 4.03. The third-order valence-electron chi connectivity index (χ3n) is 2.68. The Hall–Kier alpha value is -1.29. The zero-order valence-corrected chi connectivity index (χ0v) is 8.94. The van der Waals surface area contributed by atoms with Gasteiger partial charge in [0.15, 0.2) is 0 Å². The molecule has 0 spiro atoms. The summed E-state index contributed by atoms with van der Waals surface area (Å²) in [6.45, 7) is 3.00. The zero-order valence-electron chi connectivity index (χ0n) is 8.94. The van der Waals surface area contributed by atoms with E-state index in [0.29, 0.717) is 17.8 Å². The van der Waals surface area contributed by atoms with Gasteiger partial charge in [0.25, 0.3) is 0 Å². The summed E-state index contributed by atoms with van der Waals surface area (Å²) in [7, 11) is 0. The standard InChI is InChI=1S/C11H17N3O/c1-8(10-3-2-6-15-10)14-11-5-4-9(12)7-13-11/h4-5,7-8,10H,2-3,6,12H2,1H3,(H,13,14). The van der Waals surface area contributed by atoms with Crippen molar-refractivity contribution >= 4 is 11.5 Å². The fourth-order valence-corrected chi connectivity index (χ4v) is 1.81. The van der Waals surface area contributed by atoms with E-state index in [2.05, 4.69) is 17.2 Å². The van der Waals surface area contributed by atoms with E-state index in [0.717, 1.165) is 25.3 Å². The summed E-state index contributed by atoms with van der Waals surface area (Å²) in [4.78, 5) is 4.20. The highest BCUT2D eigenvalue weighted by atomic mass is 16.5. The highest BCUT2D eigenvalue weighted by Gasteiger charge is 2.22.